The Morgan fingerprint density at radius 1 is 1.12 bits per heavy atom. The van der Waals surface area contributed by atoms with E-state index in [1.807, 2.05) is 34.1 Å². The van der Waals surface area contributed by atoms with E-state index in [4.69, 9.17) is 4.74 Å². The minimum Gasteiger partial charge on any atom is -0.390 e. The van der Waals surface area contributed by atoms with Crippen LogP contribution in [0.3, 0.4) is 0 Å². The van der Waals surface area contributed by atoms with Gasteiger partial charge in [-0.1, -0.05) is 12.5 Å². The fraction of sp³-hybridized carbons (Fsp3) is 0.857. The molecule has 4 saturated carbocycles. The number of carbonyl (C=O) groups is 1. The maximum absolute atomic E-state index is 13.5. The van der Waals surface area contributed by atoms with Crippen LogP contribution in [0.2, 0.25) is 0 Å². The Kier molecular flexibility index (Phi) is 6.88. The second-order valence-corrected chi connectivity index (χ2v) is 12.6. The van der Waals surface area contributed by atoms with Gasteiger partial charge < -0.3 is 9.84 Å². The zero-order valence-corrected chi connectivity index (χ0v) is 21.6. The summed E-state index contributed by atoms with van der Waals surface area (Å²) in [7, 11) is 1.85. The standard InChI is InChI=1S/C28H46N2O3/c1-19(2)16-30(29-5)17-25(31)24-10-9-22-21-8-7-20-15-26(3,32)13-14-28(20,18-33-6)23(21)11-12-27(22,24)4/h16,20-24,32H,5,7-15,17-18H2,1-4,6H3/t20-,21-,22-,23-,24+,26+,27-,28+/m0/s1. The van der Waals surface area contributed by atoms with Crippen LogP contribution in [0, 0.1) is 40.4 Å². The van der Waals surface area contributed by atoms with E-state index in [9.17, 15) is 9.90 Å². The molecule has 0 spiro atoms. The lowest BCUT2D eigenvalue weighted by Gasteiger charge is -2.62. The van der Waals surface area contributed by atoms with Crippen LogP contribution in [0.25, 0.3) is 0 Å². The quantitative estimate of drug-likeness (QED) is 0.408. The first kappa shape index (κ1) is 24.9. The Hall–Kier alpha value is -1.20. The molecule has 186 valence electrons. The van der Waals surface area contributed by atoms with Gasteiger partial charge in [0.05, 0.1) is 18.8 Å². The molecule has 0 aromatic carbocycles. The summed E-state index contributed by atoms with van der Waals surface area (Å²) >= 11 is 0. The highest BCUT2D eigenvalue weighted by Crippen LogP contribution is 2.68. The molecule has 0 bridgehead atoms. The molecular formula is C28H46N2O3. The van der Waals surface area contributed by atoms with E-state index in [1.54, 1.807) is 5.01 Å². The van der Waals surface area contributed by atoms with E-state index in [-0.39, 0.29) is 16.7 Å². The van der Waals surface area contributed by atoms with E-state index in [2.05, 4.69) is 18.7 Å². The summed E-state index contributed by atoms with van der Waals surface area (Å²) in [6.07, 6.45) is 11.7. The van der Waals surface area contributed by atoms with Gasteiger partial charge in [-0.15, -0.1) is 0 Å². The third-order valence-corrected chi connectivity index (χ3v) is 10.4. The van der Waals surface area contributed by atoms with Gasteiger partial charge in [-0.2, -0.15) is 5.10 Å². The van der Waals surface area contributed by atoms with E-state index in [0.29, 0.717) is 36.0 Å². The minimum atomic E-state index is -0.529. The number of methoxy groups -OCH3 is 1. The van der Waals surface area contributed by atoms with Crippen molar-refractivity contribution in [3.63, 3.8) is 0 Å². The van der Waals surface area contributed by atoms with E-state index in [0.717, 1.165) is 44.3 Å². The van der Waals surface area contributed by atoms with E-state index < -0.39 is 5.60 Å². The highest BCUT2D eigenvalue weighted by atomic mass is 16.5. The van der Waals surface area contributed by atoms with Crippen LogP contribution in [-0.4, -0.2) is 48.5 Å². The lowest BCUT2D eigenvalue weighted by molar-refractivity contribution is -0.175. The van der Waals surface area contributed by atoms with Crippen LogP contribution >= 0.6 is 0 Å². The molecule has 4 aliphatic carbocycles. The van der Waals surface area contributed by atoms with Crippen molar-refractivity contribution in [2.24, 2.45) is 45.5 Å². The van der Waals surface area contributed by atoms with Crippen LogP contribution in [-0.2, 0) is 9.53 Å². The zero-order chi connectivity index (χ0) is 24.0. The summed E-state index contributed by atoms with van der Waals surface area (Å²) in [5, 5.41) is 16.6. The highest BCUT2D eigenvalue weighted by Gasteiger charge is 2.63. The van der Waals surface area contributed by atoms with Crippen molar-refractivity contribution in [2.45, 2.75) is 91.1 Å². The second-order valence-electron chi connectivity index (χ2n) is 12.6. The maximum Gasteiger partial charge on any atom is 0.157 e. The Balaban J connectivity index is 1.55. The number of Topliss-reactive ketones (excluding diaryl/α,β-unsaturated/α-hetero) is 1. The first-order valence-corrected chi connectivity index (χ1v) is 13.2. The maximum atomic E-state index is 13.5. The Morgan fingerprint density at radius 3 is 2.55 bits per heavy atom. The smallest absolute Gasteiger partial charge is 0.157 e. The number of ether oxygens (including phenoxy) is 1. The van der Waals surface area contributed by atoms with Crippen molar-refractivity contribution < 1.29 is 14.6 Å². The van der Waals surface area contributed by atoms with Crippen LogP contribution in [0.4, 0.5) is 0 Å². The van der Waals surface area contributed by atoms with Gasteiger partial charge in [-0.3, -0.25) is 9.80 Å². The number of carbonyl (C=O) groups excluding carboxylic acids is 1. The molecule has 4 fully saturated rings. The van der Waals surface area contributed by atoms with Gasteiger partial charge in [-0.05, 0) is 113 Å². The van der Waals surface area contributed by atoms with Gasteiger partial charge in [0.2, 0.25) is 0 Å². The van der Waals surface area contributed by atoms with Crippen molar-refractivity contribution in [3.8, 4) is 0 Å². The van der Waals surface area contributed by atoms with Gasteiger partial charge >= 0.3 is 0 Å². The fourth-order valence-corrected chi connectivity index (χ4v) is 9.02. The van der Waals surface area contributed by atoms with Gasteiger partial charge in [0.15, 0.2) is 5.78 Å². The second kappa shape index (κ2) is 9.11. The first-order chi connectivity index (χ1) is 15.6. The van der Waals surface area contributed by atoms with Crippen LogP contribution in [0.5, 0.6) is 0 Å². The molecule has 0 radical (unpaired) electrons. The Labute approximate surface area is 201 Å². The van der Waals surface area contributed by atoms with Gasteiger partial charge in [0.25, 0.3) is 0 Å². The summed E-state index contributed by atoms with van der Waals surface area (Å²) in [6.45, 7) is 13.3. The average molecular weight is 459 g/mol. The summed E-state index contributed by atoms with van der Waals surface area (Å²) in [5.41, 5.74) is 0.894. The molecule has 0 heterocycles. The minimum absolute atomic E-state index is 0.0946. The van der Waals surface area contributed by atoms with Crippen molar-refractivity contribution in [1.29, 1.82) is 0 Å². The Morgan fingerprint density at radius 2 is 1.88 bits per heavy atom. The average Bonchev–Trinajstić information content (AvgIpc) is 3.10. The van der Waals surface area contributed by atoms with Crippen molar-refractivity contribution in [1.82, 2.24) is 5.01 Å². The number of aliphatic hydroxyl groups is 1. The zero-order valence-electron chi connectivity index (χ0n) is 21.6. The molecule has 4 rings (SSSR count). The summed E-state index contributed by atoms with van der Waals surface area (Å²) < 4.78 is 5.88. The van der Waals surface area contributed by atoms with E-state index >= 15 is 0 Å². The third-order valence-electron chi connectivity index (χ3n) is 10.4. The number of nitrogens with zero attached hydrogens (tertiary/aromatic N) is 2. The van der Waals surface area contributed by atoms with Gasteiger partial charge in [0.1, 0.15) is 0 Å². The largest absolute Gasteiger partial charge is 0.390 e. The number of ketones is 1. The van der Waals surface area contributed by atoms with Crippen molar-refractivity contribution in [3.05, 3.63) is 11.8 Å². The molecule has 33 heavy (non-hydrogen) atoms. The summed E-state index contributed by atoms with van der Waals surface area (Å²) in [5.74, 6) is 2.98. The molecular weight excluding hydrogens is 412 g/mol. The van der Waals surface area contributed by atoms with Gasteiger partial charge in [-0.25, -0.2) is 0 Å². The highest BCUT2D eigenvalue weighted by molar-refractivity contribution is 5.84. The molecule has 0 aliphatic heterocycles. The van der Waals surface area contributed by atoms with Crippen LogP contribution < -0.4 is 0 Å². The number of hydrogen-bond acceptors (Lipinski definition) is 5. The monoisotopic (exact) mass is 458 g/mol. The molecule has 4 aliphatic rings. The van der Waals surface area contributed by atoms with E-state index in [1.165, 1.54) is 25.7 Å². The molecule has 5 nitrogen and oxygen atoms in total. The Bertz CT molecular complexity index is 788. The first-order valence-electron chi connectivity index (χ1n) is 13.2. The number of hydrazone groups is 1. The fourth-order valence-electron chi connectivity index (χ4n) is 9.02. The summed E-state index contributed by atoms with van der Waals surface area (Å²) in [6, 6.07) is 0. The predicted molar refractivity (Wildman–Crippen MR) is 133 cm³/mol. The molecule has 0 aromatic rings. The van der Waals surface area contributed by atoms with Gasteiger partial charge in [0, 0.05) is 25.9 Å². The normalized spacial score (nSPS) is 44.2. The summed E-state index contributed by atoms with van der Waals surface area (Å²) in [4.78, 5) is 13.5. The van der Waals surface area contributed by atoms with Crippen molar-refractivity contribution in [2.75, 3.05) is 20.3 Å². The molecule has 0 amide bonds. The molecule has 0 aromatic heterocycles. The molecule has 0 unspecified atom stereocenters. The molecule has 8 atom stereocenters. The number of hydrogen-bond donors (Lipinski definition) is 1. The number of allylic oxidation sites excluding steroid dienone is 1. The molecule has 1 N–H and O–H groups in total. The SMILES string of the molecule is C=NN(C=C(C)C)CC(=O)[C@H]1CC[C@H]2[C@@H]3CC[C@H]4C[C@](C)(O)CC[C@]4(COC)[C@H]3CC[C@]12C. The predicted octanol–water partition coefficient (Wildman–Crippen LogP) is 5.43. The lowest BCUT2D eigenvalue weighted by atomic mass is 9.43. The lowest BCUT2D eigenvalue weighted by Crippen LogP contribution is -2.58. The third kappa shape index (κ3) is 4.33. The molecule has 0 saturated heterocycles. The molecule has 5 heteroatoms. The number of rotatable bonds is 7. The van der Waals surface area contributed by atoms with Crippen LogP contribution in [0.15, 0.2) is 16.9 Å². The van der Waals surface area contributed by atoms with Crippen LogP contribution in [0.1, 0.15) is 85.5 Å². The number of fused-ring (bicyclic) bond motifs is 5. The van der Waals surface area contributed by atoms with Crippen molar-refractivity contribution >= 4 is 12.5 Å². The topological polar surface area (TPSA) is 62.1 Å².